The molecule has 1 aromatic rings. The molecule has 0 fully saturated rings. The minimum atomic E-state index is -0.190. The zero-order valence-electron chi connectivity index (χ0n) is 9.85. The summed E-state index contributed by atoms with van der Waals surface area (Å²) >= 11 is 0. The van der Waals surface area contributed by atoms with Crippen LogP contribution in [0.15, 0.2) is 18.7 Å². The van der Waals surface area contributed by atoms with Gasteiger partial charge in [-0.25, -0.2) is 4.98 Å². The number of nitrogens with one attached hydrogen (secondary N) is 1. The monoisotopic (exact) mass is 225 g/mol. The molecular weight excluding hydrogens is 206 g/mol. The lowest BCUT2D eigenvalue weighted by molar-refractivity contribution is -0.143. The molecule has 1 atom stereocenters. The molecule has 5 nitrogen and oxygen atoms in total. The van der Waals surface area contributed by atoms with Crippen molar-refractivity contribution < 1.29 is 9.53 Å². The van der Waals surface area contributed by atoms with Gasteiger partial charge in [0, 0.05) is 18.9 Å². The lowest BCUT2D eigenvalue weighted by Gasteiger charge is -2.14. The number of carbonyl (C=O) groups excluding carboxylic acids is 1. The van der Waals surface area contributed by atoms with E-state index in [2.05, 4.69) is 15.0 Å². The second-order valence-corrected chi connectivity index (χ2v) is 3.59. The Morgan fingerprint density at radius 2 is 2.44 bits per heavy atom. The molecule has 0 saturated heterocycles. The number of aromatic nitrogens is 2. The number of hydrogen-bond acceptors (Lipinski definition) is 4. The highest BCUT2D eigenvalue weighted by Gasteiger charge is 2.14. The maximum absolute atomic E-state index is 11.3. The molecule has 16 heavy (non-hydrogen) atoms. The van der Waals surface area contributed by atoms with E-state index < -0.39 is 0 Å². The first-order valence-corrected chi connectivity index (χ1v) is 5.55. The highest BCUT2D eigenvalue weighted by Crippen LogP contribution is 1.95. The van der Waals surface area contributed by atoms with Crippen LogP contribution in [0.4, 0.5) is 0 Å². The molecule has 1 aromatic heterocycles. The second-order valence-electron chi connectivity index (χ2n) is 3.59. The minimum absolute atomic E-state index is 0.187. The van der Waals surface area contributed by atoms with E-state index >= 15 is 0 Å². The third-order valence-electron chi connectivity index (χ3n) is 2.44. The van der Waals surface area contributed by atoms with E-state index in [9.17, 15) is 4.79 Å². The van der Waals surface area contributed by atoms with Gasteiger partial charge in [0.15, 0.2) is 0 Å². The number of methoxy groups -OCH3 is 1. The molecule has 0 spiro atoms. The number of aryl methyl sites for hydroxylation is 1. The summed E-state index contributed by atoms with van der Waals surface area (Å²) in [6.45, 7) is 3.67. The van der Waals surface area contributed by atoms with E-state index in [4.69, 9.17) is 0 Å². The summed E-state index contributed by atoms with van der Waals surface area (Å²) in [5.74, 6) is -0.190. The van der Waals surface area contributed by atoms with Crippen LogP contribution in [0.5, 0.6) is 0 Å². The van der Waals surface area contributed by atoms with Gasteiger partial charge in [0.1, 0.15) is 6.04 Å². The summed E-state index contributed by atoms with van der Waals surface area (Å²) in [5, 5.41) is 3.17. The van der Waals surface area contributed by atoms with E-state index in [-0.39, 0.29) is 12.0 Å². The Hall–Kier alpha value is -1.36. The quantitative estimate of drug-likeness (QED) is 0.551. The topological polar surface area (TPSA) is 56.2 Å². The average molecular weight is 225 g/mol. The largest absolute Gasteiger partial charge is 0.468 e. The predicted molar refractivity (Wildman–Crippen MR) is 60.9 cm³/mol. The molecule has 0 amide bonds. The Morgan fingerprint density at radius 1 is 1.62 bits per heavy atom. The summed E-state index contributed by atoms with van der Waals surface area (Å²) in [4.78, 5) is 15.2. The normalized spacial score (nSPS) is 12.4. The molecule has 0 bridgehead atoms. The van der Waals surface area contributed by atoms with Gasteiger partial charge < -0.3 is 14.6 Å². The first-order chi connectivity index (χ1) is 7.77. The van der Waals surface area contributed by atoms with Gasteiger partial charge in [-0.2, -0.15) is 0 Å². The van der Waals surface area contributed by atoms with Crippen molar-refractivity contribution in [3.8, 4) is 0 Å². The van der Waals surface area contributed by atoms with Gasteiger partial charge in [0.05, 0.1) is 13.4 Å². The number of esters is 1. The molecule has 1 heterocycles. The number of nitrogens with zero attached hydrogens (tertiary/aromatic N) is 2. The summed E-state index contributed by atoms with van der Waals surface area (Å²) in [6.07, 6.45) is 7.19. The smallest absolute Gasteiger partial charge is 0.322 e. The van der Waals surface area contributed by atoms with E-state index in [0.717, 1.165) is 25.9 Å². The Bertz CT molecular complexity index is 298. The predicted octanol–water partition coefficient (Wildman–Crippen LogP) is 0.814. The fourth-order valence-electron chi connectivity index (χ4n) is 1.49. The molecule has 1 unspecified atom stereocenters. The van der Waals surface area contributed by atoms with Crippen LogP contribution >= 0.6 is 0 Å². The van der Waals surface area contributed by atoms with Crippen LogP contribution in [0.3, 0.4) is 0 Å². The number of hydrogen-bond donors (Lipinski definition) is 1. The van der Waals surface area contributed by atoms with Gasteiger partial charge in [-0.05, 0) is 19.4 Å². The van der Waals surface area contributed by atoms with Crippen LogP contribution in [0.1, 0.15) is 19.8 Å². The number of rotatable bonds is 7. The second kappa shape index (κ2) is 7.00. The van der Waals surface area contributed by atoms with Crippen LogP contribution in [-0.2, 0) is 16.1 Å². The molecule has 0 aromatic carbocycles. The van der Waals surface area contributed by atoms with Crippen molar-refractivity contribution >= 4 is 5.97 Å². The number of imidazole rings is 1. The number of ether oxygens (including phenoxy) is 1. The van der Waals surface area contributed by atoms with E-state index in [1.165, 1.54) is 7.11 Å². The minimum Gasteiger partial charge on any atom is -0.468 e. The Labute approximate surface area is 95.8 Å². The fourth-order valence-corrected chi connectivity index (χ4v) is 1.49. The van der Waals surface area contributed by atoms with Gasteiger partial charge in [-0.1, -0.05) is 6.92 Å². The van der Waals surface area contributed by atoms with Gasteiger partial charge in [0.2, 0.25) is 0 Å². The van der Waals surface area contributed by atoms with Crippen molar-refractivity contribution in [1.29, 1.82) is 0 Å². The maximum Gasteiger partial charge on any atom is 0.322 e. The van der Waals surface area contributed by atoms with Crippen molar-refractivity contribution in [2.45, 2.75) is 32.4 Å². The highest BCUT2D eigenvalue weighted by atomic mass is 16.5. The maximum atomic E-state index is 11.3. The van der Waals surface area contributed by atoms with Crippen LogP contribution in [-0.4, -0.2) is 35.2 Å². The van der Waals surface area contributed by atoms with Gasteiger partial charge >= 0.3 is 5.97 Å². The van der Waals surface area contributed by atoms with Crippen molar-refractivity contribution in [3.05, 3.63) is 18.7 Å². The first-order valence-electron chi connectivity index (χ1n) is 5.55. The lowest BCUT2D eigenvalue weighted by Crippen LogP contribution is -2.37. The van der Waals surface area contributed by atoms with E-state index in [1.54, 1.807) is 12.5 Å². The van der Waals surface area contributed by atoms with Gasteiger partial charge in [0.25, 0.3) is 0 Å². The average Bonchev–Trinajstić information content (AvgIpc) is 2.81. The molecule has 0 aliphatic heterocycles. The van der Waals surface area contributed by atoms with Crippen molar-refractivity contribution in [1.82, 2.24) is 14.9 Å². The Morgan fingerprint density at radius 3 is 3.00 bits per heavy atom. The fraction of sp³-hybridized carbons (Fsp3) is 0.636. The first kappa shape index (κ1) is 12.7. The molecular formula is C11H19N3O2. The van der Waals surface area contributed by atoms with Crippen LogP contribution in [0.25, 0.3) is 0 Å². The van der Waals surface area contributed by atoms with Crippen LogP contribution in [0.2, 0.25) is 0 Å². The van der Waals surface area contributed by atoms with Crippen molar-refractivity contribution in [3.63, 3.8) is 0 Å². The summed E-state index contributed by atoms with van der Waals surface area (Å²) in [7, 11) is 1.41. The molecule has 0 aliphatic rings. The van der Waals surface area contributed by atoms with Crippen molar-refractivity contribution in [2.24, 2.45) is 0 Å². The SMILES string of the molecule is CCC(NCCCn1ccnc1)C(=O)OC. The van der Waals surface area contributed by atoms with E-state index in [1.807, 2.05) is 17.7 Å². The lowest BCUT2D eigenvalue weighted by atomic mass is 10.2. The van der Waals surface area contributed by atoms with Gasteiger partial charge in [-0.15, -0.1) is 0 Å². The zero-order chi connectivity index (χ0) is 11.8. The molecule has 1 N–H and O–H groups in total. The molecule has 5 heteroatoms. The standard InChI is InChI=1S/C11H19N3O2/c1-3-10(11(15)16-2)13-5-4-7-14-8-6-12-9-14/h6,8-10,13H,3-5,7H2,1-2H3. The number of carbonyl (C=O) groups is 1. The van der Waals surface area contributed by atoms with Crippen LogP contribution < -0.4 is 5.32 Å². The summed E-state index contributed by atoms with van der Waals surface area (Å²) in [5.41, 5.74) is 0. The summed E-state index contributed by atoms with van der Waals surface area (Å²) in [6, 6.07) is -0.187. The highest BCUT2D eigenvalue weighted by molar-refractivity contribution is 5.75. The molecule has 1 rings (SSSR count). The Balaban J connectivity index is 2.16. The van der Waals surface area contributed by atoms with Crippen LogP contribution in [0, 0.1) is 0 Å². The third kappa shape index (κ3) is 4.02. The molecule has 90 valence electrons. The van der Waals surface area contributed by atoms with Gasteiger partial charge in [-0.3, -0.25) is 4.79 Å². The molecule has 0 radical (unpaired) electrons. The Kier molecular flexibility index (Phi) is 5.56. The zero-order valence-corrected chi connectivity index (χ0v) is 9.85. The van der Waals surface area contributed by atoms with Crippen molar-refractivity contribution in [2.75, 3.05) is 13.7 Å². The summed E-state index contributed by atoms with van der Waals surface area (Å²) < 4.78 is 6.70. The molecule has 0 saturated carbocycles. The van der Waals surface area contributed by atoms with E-state index in [0.29, 0.717) is 0 Å². The third-order valence-corrected chi connectivity index (χ3v) is 2.44. The molecule has 0 aliphatic carbocycles.